The van der Waals surface area contributed by atoms with Gasteiger partial charge in [-0.15, -0.1) is 0 Å². The second kappa shape index (κ2) is 31.2. The molecule has 0 fully saturated rings. The highest BCUT2D eigenvalue weighted by atomic mass is 32.2. The minimum absolute atomic E-state index is 0.0358. The summed E-state index contributed by atoms with van der Waals surface area (Å²) in [7, 11) is 0. The Morgan fingerprint density at radius 3 is 1.58 bits per heavy atom. The van der Waals surface area contributed by atoms with E-state index in [1.165, 1.54) is 43.0 Å². The number of aromatic hydroxyl groups is 1. The van der Waals surface area contributed by atoms with Gasteiger partial charge in [-0.2, -0.15) is 11.8 Å². The van der Waals surface area contributed by atoms with Crippen molar-refractivity contribution in [1.29, 1.82) is 0 Å². The number of amides is 8. The molecule has 2 aromatic carbocycles. The highest BCUT2D eigenvalue weighted by Gasteiger charge is 2.37. The third kappa shape index (κ3) is 21.2. The largest absolute Gasteiger partial charge is 0.508 e. The lowest BCUT2D eigenvalue weighted by molar-refractivity contribution is -0.139. The molecule has 0 spiro atoms. The van der Waals surface area contributed by atoms with Gasteiger partial charge >= 0.3 is 5.97 Å². The van der Waals surface area contributed by atoms with Crippen molar-refractivity contribution in [3.05, 3.63) is 65.7 Å². The van der Waals surface area contributed by atoms with Gasteiger partial charge in [-0.05, 0) is 72.8 Å². The van der Waals surface area contributed by atoms with Crippen molar-refractivity contribution in [1.82, 2.24) is 42.5 Å². The maximum absolute atomic E-state index is 14.1. The number of carbonyl (C=O) groups excluding carboxylic acids is 8. The summed E-state index contributed by atoms with van der Waals surface area (Å²) >= 11 is 1.47. The van der Waals surface area contributed by atoms with Gasteiger partial charge in [0.25, 0.3) is 0 Å². The Kier molecular flexibility index (Phi) is 26.8. The van der Waals surface area contributed by atoms with Gasteiger partial charge in [0.2, 0.25) is 47.3 Å². The number of hydrogen-bond donors (Lipinski definition) is 13. The molecule has 2 rings (SSSR count). The topological polar surface area (TPSA) is 357 Å². The molecule has 0 aliphatic rings. The lowest BCUT2D eigenvalue weighted by Crippen LogP contribution is -2.63. The lowest BCUT2D eigenvalue weighted by atomic mass is 9.95. The number of carboxylic acids is 1. The SMILES string of the molecule is CC[C@H](C)[C@H](NC(=O)[C@H](CO)NC(=O)[C@@H](NC(=O)[C@H](Cc1ccc(O)cc1)NC(=O)[C@@H](N)CCSC)[C@@H](C)O)C(=O)N[C@H](C(=O)N[C@@H](Cc1ccccc1)C(=O)N[C@@H](CC(C)C)C(=O)NCC(=O)O)C(C)C. The number of carbonyl (C=O) groups is 9. The zero-order chi connectivity index (χ0) is 54.2. The van der Waals surface area contributed by atoms with Gasteiger partial charge in [0.15, 0.2) is 0 Å². The van der Waals surface area contributed by atoms with Crippen molar-refractivity contribution in [2.75, 3.05) is 25.2 Å². The van der Waals surface area contributed by atoms with Gasteiger partial charge < -0.3 is 68.7 Å². The molecular formula is C49H75N9O13S. The van der Waals surface area contributed by atoms with Crippen LogP contribution in [0.15, 0.2) is 54.6 Å². The maximum Gasteiger partial charge on any atom is 0.322 e. The summed E-state index contributed by atoms with van der Waals surface area (Å²) in [4.78, 5) is 121. The van der Waals surface area contributed by atoms with Crippen molar-refractivity contribution in [2.45, 2.75) is 135 Å². The van der Waals surface area contributed by atoms with Crippen LogP contribution >= 0.6 is 11.8 Å². The number of phenols is 1. The van der Waals surface area contributed by atoms with Crippen molar-refractivity contribution >= 4 is 65.0 Å². The molecule has 23 heteroatoms. The fourth-order valence-electron chi connectivity index (χ4n) is 7.16. The first kappa shape index (κ1) is 61.8. The second-order valence-electron chi connectivity index (χ2n) is 18.4. The average Bonchev–Trinajstić information content (AvgIpc) is 3.33. The molecule has 0 saturated heterocycles. The van der Waals surface area contributed by atoms with Crippen molar-refractivity contribution in [3.63, 3.8) is 0 Å². The highest BCUT2D eigenvalue weighted by Crippen LogP contribution is 2.15. The normalized spacial score (nSPS) is 15.4. The number of thioether (sulfide) groups is 1. The van der Waals surface area contributed by atoms with Gasteiger partial charge in [-0.1, -0.05) is 90.4 Å². The number of nitrogens with two attached hydrogens (primary N) is 1. The number of benzene rings is 2. The standard InChI is InChI=1S/C49H75N9O13S/c1-9-28(6)40(48(70)56-39(27(4)5)47(69)54-35(22-30-13-11-10-12-14-30)44(66)53-34(21-26(2)3)43(65)51-24-38(62)63)57-46(68)37(25-59)55-49(71)41(29(7)60)58-45(67)36(23-31-15-17-32(61)18-16-31)52-42(64)33(50)19-20-72-8/h10-18,26-29,33-37,39-41,59-61H,9,19-25,50H2,1-8H3,(H,51,65)(H,52,64)(H,53,66)(H,54,69)(H,55,71)(H,56,70)(H,57,68)(H,58,67)(H,62,63)/t28-,29+,33-,34-,35-,36-,37-,39-,40-,41-/m0/s1. The van der Waals surface area contributed by atoms with Crippen molar-refractivity contribution < 1.29 is 63.6 Å². The van der Waals surface area contributed by atoms with Crippen LogP contribution < -0.4 is 48.3 Å². The molecule has 0 heterocycles. The van der Waals surface area contributed by atoms with Crippen LogP contribution in [0.1, 0.15) is 78.9 Å². The van der Waals surface area contributed by atoms with Gasteiger partial charge in [0, 0.05) is 12.8 Å². The van der Waals surface area contributed by atoms with Gasteiger partial charge in [-0.25, -0.2) is 0 Å². The van der Waals surface area contributed by atoms with E-state index in [1.54, 1.807) is 58.0 Å². The molecule has 72 heavy (non-hydrogen) atoms. The quantitative estimate of drug-likeness (QED) is 0.0430. The molecule has 0 aliphatic carbocycles. The first-order valence-corrected chi connectivity index (χ1v) is 25.3. The van der Waals surface area contributed by atoms with E-state index in [0.29, 0.717) is 29.7 Å². The summed E-state index contributed by atoms with van der Waals surface area (Å²) < 4.78 is 0. The van der Waals surface area contributed by atoms with Gasteiger partial charge in [0.1, 0.15) is 54.6 Å². The molecule has 0 aromatic heterocycles. The van der Waals surface area contributed by atoms with E-state index in [0.717, 1.165) is 0 Å². The molecule has 8 amide bonds. The maximum atomic E-state index is 14.1. The molecule has 0 saturated carbocycles. The Morgan fingerprint density at radius 1 is 0.597 bits per heavy atom. The van der Waals surface area contributed by atoms with E-state index in [1.807, 2.05) is 20.1 Å². The van der Waals surface area contributed by atoms with E-state index >= 15 is 0 Å². The fourth-order valence-corrected chi connectivity index (χ4v) is 7.65. The lowest BCUT2D eigenvalue weighted by Gasteiger charge is -2.30. The number of carboxylic acid groups (broad SMARTS) is 1. The Bertz CT molecular complexity index is 2110. The van der Waals surface area contributed by atoms with Gasteiger partial charge in [-0.3, -0.25) is 43.2 Å². The highest BCUT2D eigenvalue weighted by molar-refractivity contribution is 7.98. The van der Waals surface area contributed by atoms with Crippen LogP contribution in [0.5, 0.6) is 5.75 Å². The summed E-state index contributed by atoms with van der Waals surface area (Å²) in [6.45, 7) is 9.79. The monoisotopic (exact) mass is 1030 g/mol. The summed E-state index contributed by atoms with van der Waals surface area (Å²) in [6, 6.07) is 3.66. The van der Waals surface area contributed by atoms with Crippen LogP contribution in [-0.2, 0) is 56.0 Å². The third-order valence-corrected chi connectivity index (χ3v) is 12.2. The minimum Gasteiger partial charge on any atom is -0.508 e. The summed E-state index contributed by atoms with van der Waals surface area (Å²) in [5.74, 6) is -8.84. The first-order chi connectivity index (χ1) is 33.9. The third-order valence-electron chi connectivity index (χ3n) is 11.6. The predicted molar refractivity (Wildman–Crippen MR) is 270 cm³/mol. The smallest absolute Gasteiger partial charge is 0.322 e. The molecule has 14 N–H and O–H groups in total. The number of rotatable bonds is 31. The van der Waals surface area contributed by atoms with E-state index in [-0.39, 0.29) is 30.9 Å². The molecule has 0 bridgehead atoms. The minimum atomic E-state index is -1.73. The van der Waals surface area contributed by atoms with Crippen LogP contribution in [0.4, 0.5) is 0 Å². The molecule has 0 radical (unpaired) electrons. The first-order valence-electron chi connectivity index (χ1n) is 23.9. The average molecular weight is 1030 g/mol. The van der Waals surface area contributed by atoms with E-state index in [2.05, 4.69) is 42.5 Å². The summed E-state index contributed by atoms with van der Waals surface area (Å²) in [5.41, 5.74) is 7.22. The number of aliphatic hydroxyl groups excluding tert-OH is 2. The van der Waals surface area contributed by atoms with Crippen LogP contribution in [-0.4, -0.2) is 153 Å². The number of nitrogens with one attached hydrogen (secondary N) is 8. The Morgan fingerprint density at radius 2 is 1.07 bits per heavy atom. The number of aliphatic hydroxyl groups is 2. The molecule has 10 atom stereocenters. The van der Waals surface area contributed by atoms with Crippen LogP contribution in [0.3, 0.4) is 0 Å². The van der Waals surface area contributed by atoms with E-state index in [4.69, 9.17) is 10.8 Å². The molecule has 0 unspecified atom stereocenters. The van der Waals surface area contributed by atoms with Crippen LogP contribution in [0.2, 0.25) is 0 Å². The summed E-state index contributed by atoms with van der Waals surface area (Å²) in [5, 5.41) is 60.0. The van der Waals surface area contributed by atoms with Crippen molar-refractivity contribution in [2.24, 2.45) is 23.5 Å². The van der Waals surface area contributed by atoms with Crippen LogP contribution in [0.25, 0.3) is 0 Å². The zero-order valence-electron chi connectivity index (χ0n) is 42.2. The second-order valence-corrected chi connectivity index (χ2v) is 19.4. The number of hydrogen-bond acceptors (Lipinski definition) is 14. The predicted octanol–water partition coefficient (Wildman–Crippen LogP) is -1.03. The Hall–Kier alpha value is -6.30. The molecule has 400 valence electrons. The molecule has 0 aliphatic heterocycles. The number of phenolic OH excluding ortho intramolecular Hbond substituents is 1. The van der Waals surface area contributed by atoms with E-state index < -0.39 is 133 Å². The molecule has 2 aromatic rings. The van der Waals surface area contributed by atoms with Crippen LogP contribution in [0, 0.1) is 17.8 Å². The Balaban J connectivity index is 2.33. The summed E-state index contributed by atoms with van der Waals surface area (Å²) in [6.07, 6.45) is 0.889. The molecule has 22 nitrogen and oxygen atoms in total. The van der Waals surface area contributed by atoms with Gasteiger partial charge in [0.05, 0.1) is 18.8 Å². The zero-order valence-corrected chi connectivity index (χ0v) is 43.0. The molecular weight excluding hydrogens is 955 g/mol. The van der Waals surface area contributed by atoms with E-state index in [9.17, 15) is 58.5 Å². The Labute approximate surface area is 424 Å². The number of aliphatic carboxylic acids is 1. The fraction of sp³-hybridized carbons (Fsp3) is 0.571. The van der Waals surface area contributed by atoms with Crippen molar-refractivity contribution in [3.8, 4) is 5.75 Å².